The first-order valence-electron chi connectivity index (χ1n) is 7.18. The maximum absolute atomic E-state index is 13.6. The third kappa shape index (κ3) is 2.29. The van der Waals surface area contributed by atoms with E-state index in [0.29, 0.717) is 9.40 Å². The molecule has 0 saturated carbocycles. The summed E-state index contributed by atoms with van der Waals surface area (Å²) in [5.74, 6) is -1.41. The Morgan fingerprint density at radius 3 is 1.58 bits per heavy atom. The molecule has 0 saturated heterocycles. The van der Waals surface area contributed by atoms with Gasteiger partial charge in [-0.1, -0.05) is 0 Å². The third-order valence-corrected chi connectivity index (χ3v) is 6.20. The lowest BCUT2D eigenvalue weighted by atomic mass is 10.2. The highest BCUT2D eigenvalue weighted by molar-refractivity contribution is 7.49. The summed E-state index contributed by atoms with van der Waals surface area (Å²) >= 11 is 0. The van der Waals surface area contributed by atoms with Crippen LogP contribution in [0.15, 0.2) is 65.5 Å². The maximum Gasteiger partial charge on any atom is 0.204 e. The van der Waals surface area contributed by atoms with Gasteiger partial charge in [0.1, 0.15) is 17.5 Å². The zero-order valence-electron chi connectivity index (χ0n) is 12.2. The van der Waals surface area contributed by atoms with E-state index >= 15 is 0 Å². The lowest BCUT2D eigenvalue weighted by Crippen LogP contribution is -2.03. The summed E-state index contributed by atoms with van der Waals surface area (Å²) in [6.45, 7) is 0. The van der Waals surface area contributed by atoms with Gasteiger partial charge in [-0.2, -0.15) is 0 Å². The van der Waals surface area contributed by atoms with E-state index < -0.39 is 27.5 Å². The van der Waals surface area contributed by atoms with Crippen LogP contribution in [0.4, 0.5) is 13.2 Å². The average Bonchev–Trinajstić information content (AvgIpc) is 2.57. The van der Waals surface area contributed by atoms with Crippen molar-refractivity contribution in [3.05, 3.63) is 88.3 Å². The molecule has 1 heterocycles. The fraction of sp³-hybridized carbons (Fsp3) is 0. The number of fused-ring (bicyclic) bond motifs is 2. The van der Waals surface area contributed by atoms with Crippen LogP contribution in [0, 0.1) is 17.5 Å². The minimum absolute atomic E-state index is 0.223. The van der Waals surface area contributed by atoms with Crippen molar-refractivity contribution in [2.24, 2.45) is 0 Å². The van der Waals surface area contributed by atoms with Crippen LogP contribution in [0.25, 0.3) is 25.1 Å². The van der Waals surface area contributed by atoms with E-state index in [4.69, 9.17) is 0 Å². The number of rotatable bonds is 1. The molecule has 3 aromatic carbocycles. The Balaban J connectivity index is 2.25. The molecule has 0 aliphatic carbocycles. The first kappa shape index (κ1) is 14.9. The van der Waals surface area contributed by atoms with Crippen LogP contribution in [-0.2, 0) is 0 Å². The third-order valence-electron chi connectivity index (χ3n) is 3.86. The van der Waals surface area contributed by atoms with Crippen molar-refractivity contribution in [3.8, 4) is 4.90 Å². The van der Waals surface area contributed by atoms with Crippen molar-refractivity contribution in [2.45, 2.75) is 0 Å². The zero-order chi connectivity index (χ0) is 16.8. The van der Waals surface area contributed by atoms with Crippen molar-refractivity contribution in [2.75, 3.05) is 0 Å². The minimum Gasteiger partial charge on any atom is -0.288 e. The van der Waals surface area contributed by atoms with Gasteiger partial charge >= 0.3 is 0 Å². The molecule has 24 heavy (non-hydrogen) atoms. The second kappa shape index (κ2) is 5.46. The van der Waals surface area contributed by atoms with Gasteiger partial charge in [-0.05, 0) is 36.4 Å². The summed E-state index contributed by atoms with van der Waals surface area (Å²) < 4.78 is 41.8. The summed E-state index contributed by atoms with van der Waals surface area (Å²) in [6.07, 6.45) is 0. The van der Waals surface area contributed by atoms with Crippen LogP contribution in [-0.4, -0.2) is 0 Å². The normalized spacial score (nSPS) is 11.3. The van der Waals surface area contributed by atoms with Gasteiger partial charge in [-0.15, -0.1) is 0 Å². The Morgan fingerprint density at radius 2 is 1.08 bits per heavy atom. The lowest BCUT2D eigenvalue weighted by molar-refractivity contribution is 0.628. The van der Waals surface area contributed by atoms with Crippen molar-refractivity contribution in [3.63, 3.8) is 0 Å². The molecule has 0 unspecified atom stereocenters. The Morgan fingerprint density at radius 1 is 0.625 bits per heavy atom. The molecule has 5 heteroatoms. The summed E-state index contributed by atoms with van der Waals surface area (Å²) in [4.78, 5) is 13.4. The van der Waals surface area contributed by atoms with E-state index in [1.165, 1.54) is 36.4 Å². The Hall–Kier alpha value is -2.66. The van der Waals surface area contributed by atoms with E-state index in [-0.39, 0.29) is 16.6 Å². The molecule has 118 valence electrons. The fourth-order valence-corrected chi connectivity index (χ4v) is 5.11. The van der Waals surface area contributed by atoms with E-state index in [1.807, 2.05) is 0 Å². The van der Waals surface area contributed by atoms with Gasteiger partial charge in [-0.25, -0.2) is 13.2 Å². The first-order valence-corrected chi connectivity index (χ1v) is 8.41. The number of hydrogen-bond acceptors (Lipinski definition) is 1. The van der Waals surface area contributed by atoms with Gasteiger partial charge in [0.05, 0.1) is 10.8 Å². The standard InChI is InChI=1S/C19H10F3OS/c20-11-1-5-14(6-2-11)24-17-7-3-12(21)9-15(17)19(23)16-10-13(22)4-8-18(16)24/h1-10H/q+1. The molecule has 0 atom stereocenters. The van der Waals surface area contributed by atoms with Crippen LogP contribution >= 0.6 is 10.5 Å². The van der Waals surface area contributed by atoms with Crippen molar-refractivity contribution < 1.29 is 13.2 Å². The summed E-state index contributed by atoms with van der Waals surface area (Å²) in [5, 5.41) is 0.446. The second-order valence-electron chi connectivity index (χ2n) is 5.37. The molecule has 1 aromatic heterocycles. The largest absolute Gasteiger partial charge is 0.288 e. The summed E-state index contributed by atoms with van der Waals surface area (Å²) in [5.41, 5.74) is -0.398. The first-order chi connectivity index (χ1) is 11.5. The quantitative estimate of drug-likeness (QED) is 0.329. The van der Waals surface area contributed by atoms with Crippen LogP contribution in [0.3, 0.4) is 0 Å². The van der Waals surface area contributed by atoms with Gasteiger partial charge in [0, 0.05) is 34.7 Å². The Labute approximate surface area is 137 Å². The van der Waals surface area contributed by atoms with Gasteiger partial charge in [0.15, 0.2) is 14.3 Å². The lowest BCUT2D eigenvalue weighted by Gasteiger charge is -2.03. The maximum atomic E-state index is 13.6. The van der Waals surface area contributed by atoms with Crippen molar-refractivity contribution in [1.29, 1.82) is 0 Å². The molecule has 0 N–H and O–H groups in total. The molecular formula is C19H10F3OS+. The smallest absolute Gasteiger partial charge is 0.204 e. The Bertz CT molecular complexity index is 1080. The molecule has 0 aliphatic heterocycles. The van der Waals surface area contributed by atoms with E-state index in [2.05, 4.69) is 0 Å². The minimum atomic E-state index is -0.724. The number of benzene rings is 3. The molecule has 0 spiro atoms. The predicted octanol–water partition coefficient (Wildman–Crippen LogP) is 5.51. The number of halogens is 3. The van der Waals surface area contributed by atoms with E-state index in [0.717, 1.165) is 4.90 Å². The van der Waals surface area contributed by atoms with Gasteiger partial charge < -0.3 is 0 Å². The number of hydrogen-bond donors (Lipinski definition) is 0. The molecule has 4 aromatic rings. The fourth-order valence-electron chi connectivity index (χ4n) is 2.80. The molecule has 0 aliphatic rings. The molecule has 0 fully saturated rings. The van der Waals surface area contributed by atoms with Gasteiger partial charge in [0.25, 0.3) is 0 Å². The molecule has 1 nitrogen and oxygen atoms in total. The Kier molecular flexibility index (Phi) is 3.39. The van der Waals surface area contributed by atoms with E-state index in [9.17, 15) is 18.0 Å². The highest BCUT2D eigenvalue weighted by Crippen LogP contribution is 2.43. The average molecular weight is 343 g/mol. The molecule has 0 amide bonds. The molecule has 0 bridgehead atoms. The monoisotopic (exact) mass is 343 g/mol. The molecule has 0 radical (unpaired) electrons. The summed E-state index contributed by atoms with van der Waals surface area (Å²) in [7, 11) is -0.724. The highest BCUT2D eigenvalue weighted by atomic mass is 32.2. The van der Waals surface area contributed by atoms with Crippen LogP contribution in [0.5, 0.6) is 0 Å². The van der Waals surface area contributed by atoms with Gasteiger partial charge in [-0.3, -0.25) is 4.79 Å². The van der Waals surface area contributed by atoms with E-state index in [1.54, 1.807) is 24.3 Å². The van der Waals surface area contributed by atoms with Crippen molar-refractivity contribution in [1.82, 2.24) is 0 Å². The second-order valence-corrected chi connectivity index (χ2v) is 7.33. The zero-order valence-corrected chi connectivity index (χ0v) is 13.0. The van der Waals surface area contributed by atoms with Crippen molar-refractivity contribution >= 4 is 30.6 Å². The summed E-state index contributed by atoms with van der Waals surface area (Å²) in [6, 6.07) is 14.0. The van der Waals surface area contributed by atoms with Gasteiger partial charge in [0.2, 0.25) is 5.43 Å². The predicted molar refractivity (Wildman–Crippen MR) is 91.4 cm³/mol. The molecule has 4 rings (SSSR count). The van der Waals surface area contributed by atoms with Crippen LogP contribution < -0.4 is 5.43 Å². The van der Waals surface area contributed by atoms with Crippen LogP contribution in [0.1, 0.15) is 0 Å². The highest BCUT2D eigenvalue weighted by Gasteiger charge is 2.23. The topological polar surface area (TPSA) is 17.1 Å². The molecular weight excluding hydrogens is 333 g/mol. The SMILES string of the molecule is O=c1c2cc(F)ccc2[s+](-c2ccc(F)cc2)c2ccc(F)cc12. The van der Waals surface area contributed by atoms with Crippen LogP contribution in [0.2, 0.25) is 0 Å².